The Hall–Kier alpha value is -2.61. The van der Waals surface area contributed by atoms with Gasteiger partial charge in [0.15, 0.2) is 17.3 Å². The summed E-state index contributed by atoms with van der Waals surface area (Å²) in [5.74, 6) is -4.59. The molecule has 1 aromatic rings. The lowest BCUT2D eigenvalue weighted by Gasteiger charge is -2.43. The fraction of sp³-hybridized carbons (Fsp3) is 0.526. The number of hydrogen-bond donors (Lipinski definition) is 1. The molecule has 1 saturated carbocycles. The van der Waals surface area contributed by atoms with Crippen molar-refractivity contribution in [1.82, 2.24) is 0 Å². The fourth-order valence-electron chi connectivity index (χ4n) is 3.73. The second-order valence-corrected chi connectivity index (χ2v) is 6.64. The number of methoxy groups -OCH3 is 4. The molecule has 0 amide bonds. The van der Waals surface area contributed by atoms with E-state index in [4.69, 9.17) is 18.9 Å². The molecule has 1 aromatic carbocycles. The number of carbonyl (C=O) groups excluding carboxylic acids is 3. The van der Waals surface area contributed by atoms with Gasteiger partial charge in [0.05, 0.1) is 40.0 Å². The Morgan fingerprint density at radius 3 is 2.15 bits per heavy atom. The summed E-state index contributed by atoms with van der Waals surface area (Å²) in [6, 6.07) is 4.79. The first kappa shape index (κ1) is 20.7. The Balaban J connectivity index is 2.69. The van der Waals surface area contributed by atoms with Gasteiger partial charge in [-0.3, -0.25) is 14.4 Å². The van der Waals surface area contributed by atoms with Crippen molar-refractivity contribution in [2.45, 2.75) is 24.9 Å². The Morgan fingerprint density at radius 2 is 1.63 bits per heavy atom. The second-order valence-electron chi connectivity index (χ2n) is 6.64. The number of esters is 2. The predicted molar refractivity (Wildman–Crippen MR) is 93.5 cm³/mol. The van der Waals surface area contributed by atoms with Crippen molar-refractivity contribution in [3.8, 4) is 11.5 Å². The lowest BCUT2D eigenvalue weighted by molar-refractivity contribution is -0.170. The Labute approximate surface area is 157 Å². The molecule has 1 N–H and O–H groups in total. The number of ketones is 1. The zero-order valence-corrected chi connectivity index (χ0v) is 16.0. The van der Waals surface area contributed by atoms with Gasteiger partial charge in [-0.1, -0.05) is 6.07 Å². The highest BCUT2D eigenvalue weighted by Gasteiger charge is 2.57. The molecule has 0 unspecified atom stereocenters. The number of benzene rings is 1. The van der Waals surface area contributed by atoms with Crippen LogP contribution in [0.1, 0.15) is 24.8 Å². The molecule has 1 aliphatic rings. The van der Waals surface area contributed by atoms with Crippen molar-refractivity contribution in [1.29, 1.82) is 0 Å². The summed E-state index contributed by atoms with van der Waals surface area (Å²) in [4.78, 5) is 37.5. The number of rotatable bonds is 5. The minimum Gasteiger partial charge on any atom is -0.493 e. The van der Waals surface area contributed by atoms with Crippen LogP contribution in [0.5, 0.6) is 11.5 Å². The van der Waals surface area contributed by atoms with Crippen LogP contribution in [0.15, 0.2) is 18.2 Å². The van der Waals surface area contributed by atoms with E-state index in [1.807, 2.05) is 0 Å². The van der Waals surface area contributed by atoms with Crippen molar-refractivity contribution in [2.75, 3.05) is 28.4 Å². The number of hydrogen-bond acceptors (Lipinski definition) is 8. The van der Waals surface area contributed by atoms with Gasteiger partial charge in [-0.15, -0.1) is 0 Å². The van der Waals surface area contributed by atoms with Gasteiger partial charge >= 0.3 is 11.9 Å². The van der Waals surface area contributed by atoms with Crippen LogP contribution < -0.4 is 9.47 Å². The predicted octanol–water partition coefficient (Wildman–Crippen LogP) is 1.09. The molecule has 27 heavy (non-hydrogen) atoms. The quantitative estimate of drug-likeness (QED) is 0.597. The number of aliphatic hydroxyl groups is 1. The topological polar surface area (TPSA) is 108 Å². The highest BCUT2D eigenvalue weighted by atomic mass is 16.5. The summed E-state index contributed by atoms with van der Waals surface area (Å²) in [6.07, 6.45) is -0.365. The first-order valence-electron chi connectivity index (χ1n) is 8.34. The van der Waals surface area contributed by atoms with E-state index in [0.29, 0.717) is 17.1 Å². The van der Waals surface area contributed by atoms with Crippen LogP contribution in [0, 0.1) is 11.8 Å². The average molecular weight is 380 g/mol. The molecular weight excluding hydrogens is 356 g/mol. The van der Waals surface area contributed by atoms with Gasteiger partial charge in [-0.05, 0) is 24.6 Å². The summed E-state index contributed by atoms with van der Waals surface area (Å²) in [6.45, 7) is 1.38. The van der Waals surface area contributed by atoms with Crippen LogP contribution >= 0.6 is 0 Å². The summed E-state index contributed by atoms with van der Waals surface area (Å²) in [7, 11) is 5.27. The van der Waals surface area contributed by atoms with Gasteiger partial charge in [0.1, 0.15) is 5.92 Å². The van der Waals surface area contributed by atoms with E-state index < -0.39 is 41.1 Å². The average Bonchev–Trinajstić information content (AvgIpc) is 2.64. The van der Waals surface area contributed by atoms with E-state index in [1.165, 1.54) is 35.4 Å². The maximum atomic E-state index is 12.7. The van der Waals surface area contributed by atoms with Gasteiger partial charge in [-0.25, -0.2) is 0 Å². The van der Waals surface area contributed by atoms with E-state index >= 15 is 0 Å². The van der Waals surface area contributed by atoms with Gasteiger partial charge < -0.3 is 24.1 Å². The number of carbonyl (C=O) groups is 3. The Morgan fingerprint density at radius 1 is 1.04 bits per heavy atom. The van der Waals surface area contributed by atoms with Crippen molar-refractivity contribution in [2.24, 2.45) is 11.8 Å². The molecule has 0 bridgehead atoms. The molecule has 1 fully saturated rings. The molecule has 148 valence electrons. The van der Waals surface area contributed by atoms with Crippen molar-refractivity contribution in [3.63, 3.8) is 0 Å². The summed E-state index contributed by atoms with van der Waals surface area (Å²) in [5.41, 5.74) is -1.24. The van der Waals surface area contributed by atoms with E-state index in [-0.39, 0.29) is 6.42 Å². The number of Topliss-reactive ketones (excluding diaryl/α,β-unsaturated/α-hetero) is 1. The third-order valence-corrected chi connectivity index (χ3v) is 4.97. The molecule has 4 atom stereocenters. The first-order valence-corrected chi connectivity index (χ1v) is 8.34. The standard InChI is InChI=1S/C19H24O8/c1-19(23)9-11(20)15(17(21)26-4)14(16(19)18(22)27-5)10-6-7-12(24-2)13(8-10)25-3/h6-8,14-16,23H,9H2,1-5H3/t14-,15-,16-,19+/m1/s1. The van der Waals surface area contributed by atoms with Crippen LogP contribution in [0.3, 0.4) is 0 Å². The molecule has 0 aromatic heterocycles. The largest absolute Gasteiger partial charge is 0.493 e. The molecule has 0 aliphatic heterocycles. The molecule has 8 nitrogen and oxygen atoms in total. The molecule has 1 aliphatic carbocycles. The van der Waals surface area contributed by atoms with E-state index in [9.17, 15) is 19.5 Å². The zero-order chi connectivity index (χ0) is 20.4. The SMILES string of the molecule is COC(=O)[C@@H]1C(=O)C[C@](C)(O)[C@@H](C(=O)OC)[C@@H]1c1ccc(OC)c(OC)c1. The Kier molecular flexibility index (Phi) is 6.10. The maximum absolute atomic E-state index is 12.7. The zero-order valence-electron chi connectivity index (χ0n) is 16.0. The van der Waals surface area contributed by atoms with E-state index in [2.05, 4.69) is 0 Å². The third-order valence-electron chi connectivity index (χ3n) is 4.97. The maximum Gasteiger partial charge on any atom is 0.316 e. The molecular formula is C19H24O8. The van der Waals surface area contributed by atoms with Gasteiger partial charge in [0.2, 0.25) is 0 Å². The smallest absolute Gasteiger partial charge is 0.316 e. The van der Waals surface area contributed by atoms with Crippen molar-refractivity contribution < 1.29 is 38.4 Å². The molecule has 0 radical (unpaired) electrons. The van der Waals surface area contributed by atoms with Crippen LogP contribution in [-0.2, 0) is 23.9 Å². The highest BCUT2D eigenvalue weighted by molar-refractivity contribution is 6.02. The van der Waals surface area contributed by atoms with Crippen LogP contribution in [-0.4, -0.2) is 56.9 Å². The molecule has 0 heterocycles. The molecule has 0 spiro atoms. The lowest BCUT2D eigenvalue weighted by atomic mass is 9.61. The third kappa shape index (κ3) is 3.75. The second kappa shape index (κ2) is 7.96. The number of ether oxygens (including phenoxy) is 4. The summed E-state index contributed by atoms with van der Waals surface area (Å²) < 4.78 is 20.1. The van der Waals surface area contributed by atoms with E-state index in [0.717, 1.165) is 0 Å². The monoisotopic (exact) mass is 380 g/mol. The fourth-order valence-corrected chi connectivity index (χ4v) is 3.73. The molecule has 8 heteroatoms. The summed E-state index contributed by atoms with van der Waals surface area (Å²) >= 11 is 0. The van der Waals surface area contributed by atoms with Gasteiger partial charge in [-0.2, -0.15) is 0 Å². The van der Waals surface area contributed by atoms with Crippen LogP contribution in [0.2, 0.25) is 0 Å². The van der Waals surface area contributed by atoms with Gasteiger partial charge in [0, 0.05) is 12.3 Å². The van der Waals surface area contributed by atoms with Crippen LogP contribution in [0.25, 0.3) is 0 Å². The summed E-state index contributed by atoms with van der Waals surface area (Å²) in [5, 5.41) is 10.8. The van der Waals surface area contributed by atoms with Crippen LogP contribution in [0.4, 0.5) is 0 Å². The van der Waals surface area contributed by atoms with Crippen molar-refractivity contribution in [3.05, 3.63) is 23.8 Å². The highest BCUT2D eigenvalue weighted by Crippen LogP contribution is 2.47. The van der Waals surface area contributed by atoms with Crippen molar-refractivity contribution >= 4 is 17.7 Å². The normalized spacial score (nSPS) is 27.6. The minimum atomic E-state index is -1.69. The molecule has 2 rings (SSSR count). The first-order chi connectivity index (χ1) is 12.7. The Bertz CT molecular complexity index is 739. The lowest BCUT2D eigenvalue weighted by Crippen LogP contribution is -2.55. The van der Waals surface area contributed by atoms with E-state index in [1.54, 1.807) is 18.2 Å². The molecule has 0 saturated heterocycles. The van der Waals surface area contributed by atoms with Gasteiger partial charge in [0.25, 0.3) is 0 Å². The minimum absolute atomic E-state index is 0.361.